The number of anilines is 1. The summed E-state index contributed by atoms with van der Waals surface area (Å²) in [5.41, 5.74) is 6.77. The second-order valence-corrected chi connectivity index (χ2v) is 4.26. The third-order valence-corrected chi connectivity index (χ3v) is 2.93. The smallest absolute Gasteiger partial charge is 0.231 e. The van der Waals surface area contributed by atoms with Crippen LogP contribution >= 0.6 is 0 Å². The van der Waals surface area contributed by atoms with Gasteiger partial charge in [-0.15, -0.1) is 0 Å². The van der Waals surface area contributed by atoms with Gasteiger partial charge in [0.1, 0.15) is 0 Å². The average Bonchev–Trinajstić information content (AvgIpc) is 2.28. The van der Waals surface area contributed by atoms with Crippen LogP contribution in [0.2, 0.25) is 0 Å². The summed E-state index contributed by atoms with van der Waals surface area (Å²) in [6.45, 7) is 6.07. The Labute approximate surface area is 96.3 Å². The van der Waals surface area contributed by atoms with Crippen molar-refractivity contribution in [2.24, 2.45) is 11.1 Å². The van der Waals surface area contributed by atoms with Crippen molar-refractivity contribution in [3.05, 3.63) is 24.0 Å². The summed E-state index contributed by atoms with van der Waals surface area (Å²) >= 11 is 0. The minimum absolute atomic E-state index is 0.0388. The van der Waals surface area contributed by atoms with Crippen molar-refractivity contribution in [1.82, 2.24) is 4.98 Å². The van der Waals surface area contributed by atoms with Crippen molar-refractivity contribution in [3.8, 4) is 0 Å². The Morgan fingerprint density at radius 1 is 1.62 bits per heavy atom. The van der Waals surface area contributed by atoms with Gasteiger partial charge in [0.15, 0.2) is 0 Å². The van der Waals surface area contributed by atoms with Crippen LogP contribution in [-0.2, 0) is 4.79 Å². The standard InChI is InChI=1S/C12H19N3O/c1-4-12(3,8-13)11(16)15-10-5-6-14-9(2)7-10/h5-7H,4,8,13H2,1-3H3,(H,14,15,16). The molecule has 1 aromatic rings. The summed E-state index contributed by atoms with van der Waals surface area (Å²) in [4.78, 5) is 16.1. The normalized spacial score (nSPS) is 14.2. The number of amides is 1. The number of carbonyl (C=O) groups excluding carboxylic acids is 1. The molecule has 3 N–H and O–H groups in total. The van der Waals surface area contributed by atoms with Crippen LogP contribution in [-0.4, -0.2) is 17.4 Å². The number of rotatable bonds is 4. The van der Waals surface area contributed by atoms with Crippen LogP contribution in [0.3, 0.4) is 0 Å². The molecule has 0 saturated heterocycles. The number of aryl methyl sites for hydroxylation is 1. The van der Waals surface area contributed by atoms with Crippen molar-refractivity contribution in [3.63, 3.8) is 0 Å². The van der Waals surface area contributed by atoms with Gasteiger partial charge >= 0.3 is 0 Å². The fraction of sp³-hybridized carbons (Fsp3) is 0.500. The predicted molar refractivity (Wildman–Crippen MR) is 65.1 cm³/mol. The van der Waals surface area contributed by atoms with Gasteiger partial charge in [0.2, 0.25) is 5.91 Å². The topological polar surface area (TPSA) is 68.0 Å². The van der Waals surface area contributed by atoms with E-state index in [2.05, 4.69) is 10.3 Å². The molecule has 1 rings (SSSR count). The maximum absolute atomic E-state index is 12.0. The lowest BCUT2D eigenvalue weighted by Gasteiger charge is -2.24. The molecule has 16 heavy (non-hydrogen) atoms. The van der Waals surface area contributed by atoms with E-state index in [0.29, 0.717) is 6.54 Å². The molecule has 4 heteroatoms. The van der Waals surface area contributed by atoms with Gasteiger partial charge in [-0.05, 0) is 32.4 Å². The van der Waals surface area contributed by atoms with Crippen LogP contribution in [0, 0.1) is 12.3 Å². The largest absolute Gasteiger partial charge is 0.329 e. The molecule has 0 aliphatic carbocycles. The number of carbonyl (C=O) groups is 1. The van der Waals surface area contributed by atoms with E-state index < -0.39 is 5.41 Å². The Balaban J connectivity index is 2.78. The molecule has 0 saturated carbocycles. The molecule has 1 unspecified atom stereocenters. The lowest BCUT2D eigenvalue weighted by atomic mass is 9.86. The summed E-state index contributed by atoms with van der Waals surface area (Å²) in [6.07, 6.45) is 2.40. The number of hydrogen-bond donors (Lipinski definition) is 2. The van der Waals surface area contributed by atoms with Gasteiger partial charge in [-0.1, -0.05) is 6.92 Å². The highest BCUT2D eigenvalue weighted by Gasteiger charge is 2.29. The second-order valence-electron chi connectivity index (χ2n) is 4.26. The van der Waals surface area contributed by atoms with E-state index in [4.69, 9.17) is 5.73 Å². The Kier molecular flexibility index (Phi) is 4.01. The lowest BCUT2D eigenvalue weighted by molar-refractivity contribution is -0.124. The number of nitrogens with one attached hydrogen (secondary N) is 1. The van der Waals surface area contributed by atoms with Crippen LogP contribution in [0.25, 0.3) is 0 Å². The molecule has 1 amide bonds. The minimum Gasteiger partial charge on any atom is -0.329 e. The van der Waals surface area contributed by atoms with Crippen molar-refractivity contribution in [1.29, 1.82) is 0 Å². The van der Waals surface area contributed by atoms with Crippen LogP contribution in [0.4, 0.5) is 5.69 Å². The molecule has 0 aliphatic heterocycles. The molecule has 1 atom stereocenters. The van der Waals surface area contributed by atoms with E-state index in [0.717, 1.165) is 17.8 Å². The summed E-state index contributed by atoms with van der Waals surface area (Å²) in [7, 11) is 0. The van der Waals surface area contributed by atoms with E-state index in [1.165, 1.54) is 0 Å². The highest BCUT2D eigenvalue weighted by atomic mass is 16.2. The van der Waals surface area contributed by atoms with Gasteiger partial charge in [-0.2, -0.15) is 0 Å². The first-order chi connectivity index (χ1) is 7.51. The van der Waals surface area contributed by atoms with Crippen molar-refractivity contribution in [2.75, 3.05) is 11.9 Å². The monoisotopic (exact) mass is 221 g/mol. The number of nitrogens with two attached hydrogens (primary N) is 1. The summed E-state index contributed by atoms with van der Waals surface area (Å²) in [5.74, 6) is -0.0388. The third kappa shape index (κ3) is 2.79. The van der Waals surface area contributed by atoms with E-state index in [-0.39, 0.29) is 5.91 Å². The molecule has 0 bridgehead atoms. The zero-order chi connectivity index (χ0) is 12.2. The molecule has 1 heterocycles. The van der Waals surface area contributed by atoms with Crippen LogP contribution < -0.4 is 11.1 Å². The van der Waals surface area contributed by atoms with Crippen molar-refractivity contribution in [2.45, 2.75) is 27.2 Å². The third-order valence-electron chi connectivity index (χ3n) is 2.93. The predicted octanol–water partition coefficient (Wildman–Crippen LogP) is 1.70. The Morgan fingerprint density at radius 2 is 2.31 bits per heavy atom. The number of aromatic nitrogens is 1. The molecule has 0 aliphatic rings. The number of pyridine rings is 1. The van der Waals surface area contributed by atoms with Crippen LogP contribution in [0.1, 0.15) is 26.0 Å². The molecule has 0 radical (unpaired) electrons. The minimum atomic E-state index is -0.503. The average molecular weight is 221 g/mol. The first kappa shape index (κ1) is 12.6. The van der Waals surface area contributed by atoms with Crippen LogP contribution in [0.15, 0.2) is 18.3 Å². The molecule has 0 fully saturated rings. The Hall–Kier alpha value is -1.42. The highest BCUT2D eigenvalue weighted by Crippen LogP contribution is 2.21. The molecule has 0 spiro atoms. The number of hydrogen-bond acceptors (Lipinski definition) is 3. The van der Waals surface area contributed by atoms with E-state index in [9.17, 15) is 4.79 Å². The van der Waals surface area contributed by atoms with Crippen molar-refractivity contribution < 1.29 is 4.79 Å². The Morgan fingerprint density at radius 3 is 2.81 bits per heavy atom. The molecule has 1 aromatic heterocycles. The highest BCUT2D eigenvalue weighted by molar-refractivity contribution is 5.95. The first-order valence-electron chi connectivity index (χ1n) is 5.46. The van der Waals surface area contributed by atoms with Crippen molar-refractivity contribution >= 4 is 11.6 Å². The van der Waals surface area contributed by atoms with E-state index >= 15 is 0 Å². The molecular formula is C12H19N3O. The van der Waals surface area contributed by atoms with Gasteiger partial charge in [0.05, 0.1) is 5.41 Å². The fourth-order valence-corrected chi connectivity index (χ4v) is 1.30. The zero-order valence-electron chi connectivity index (χ0n) is 10.1. The Bertz CT molecular complexity index is 372. The SMILES string of the molecule is CCC(C)(CN)C(=O)Nc1ccnc(C)c1. The maximum atomic E-state index is 12.0. The van der Waals surface area contributed by atoms with E-state index in [1.54, 1.807) is 12.3 Å². The summed E-state index contributed by atoms with van der Waals surface area (Å²) in [5, 5.41) is 2.87. The molecule has 4 nitrogen and oxygen atoms in total. The van der Waals surface area contributed by atoms with Gasteiger partial charge in [0, 0.05) is 24.1 Å². The molecule has 0 aromatic carbocycles. The molecule has 88 valence electrons. The zero-order valence-corrected chi connectivity index (χ0v) is 10.1. The van der Waals surface area contributed by atoms with E-state index in [1.807, 2.05) is 26.8 Å². The van der Waals surface area contributed by atoms with Gasteiger partial charge in [-0.3, -0.25) is 9.78 Å². The fourth-order valence-electron chi connectivity index (χ4n) is 1.30. The van der Waals surface area contributed by atoms with Crippen LogP contribution in [0.5, 0.6) is 0 Å². The first-order valence-corrected chi connectivity index (χ1v) is 5.46. The maximum Gasteiger partial charge on any atom is 0.231 e. The summed E-state index contributed by atoms with van der Waals surface area (Å²) < 4.78 is 0. The second kappa shape index (κ2) is 5.07. The number of nitrogens with zero attached hydrogens (tertiary/aromatic N) is 1. The molecular weight excluding hydrogens is 202 g/mol. The quantitative estimate of drug-likeness (QED) is 0.813. The summed E-state index contributed by atoms with van der Waals surface area (Å²) in [6, 6.07) is 3.61. The van der Waals surface area contributed by atoms with Gasteiger partial charge < -0.3 is 11.1 Å². The lowest BCUT2D eigenvalue weighted by Crippen LogP contribution is -2.39. The van der Waals surface area contributed by atoms with Gasteiger partial charge in [-0.25, -0.2) is 0 Å². The van der Waals surface area contributed by atoms with Gasteiger partial charge in [0.25, 0.3) is 0 Å².